The predicted octanol–water partition coefficient (Wildman–Crippen LogP) is 2.14. The second kappa shape index (κ2) is 4.19. The van der Waals surface area contributed by atoms with Crippen LogP contribution in [0.4, 0.5) is 5.69 Å². The first kappa shape index (κ1) is 10.6. The molecule has 0 atom stereocenters. The molecule has 1 aromatic heterocycles. The fourth-order valence-electron chi connectivity index (χ4n) is 0.979. The molecule has 0 bridgehead atoms. The van der Waals surface area contributed by atoms with Gasteiger partial charge in [-0.15, -0.1) is 11.3 Å². The van der Waals surface area contributed by atoms with Crippen LogP contribution in [-0.4, -0.2) is 17.5 Å². The van der Waals surface area contributed by atoms with Gasteiger partial charge < -0.3 is 4.74 Å². The summed E-state index contributed by atoms with van der Waals surface area (Å²) in [5.41, 5.74) is -0.175. The lowest BCUT2D eigenvalue weighted by Crippen LogP contribution is -2.04. The van der Waals surface area contributed by atoms with Gasteiger partial charge in [-0.05, 0) is 13.8 Å². The van der Waals surface area contributed by atoms with Crippen LogP contribution >= 0.6 is 11.3 Å². The van der Waals surface area contributed by atoms with E-state index in [1.54, 1.807) is 13.8 Å². The van der Waals surface area contributed by atoms with E-state index < -0.39 is 10.9 Å². The Morgan fingerprint density at radius 1 is 1.71 bits per heavy atom. The van der Waals surface area contributed by atoms with Gasteiger partial charge in [0.15, 0.2) is 4.88 Å². The van der Waals surface area contributed by atoms with Gasteiger partial charge >= 0.3 is 5.97 Å². The normalized spacial score (nSPS) is 9.86. The molecule has 0 saturated heterocycles. The van der Waals surface area contributed by atoms with Crippen molar-refractivity contribution >= 4 is 23.0 Å². The minimum absolute atomic E-state index is 0.0642. The Morgan fingerprint density at radius 2 is 2.36 bits per heavy atom. The topological polar surface area (TPSA) is 69.4 Å². The van der Waals surface area contributed by atoms with Crippen LogP contribution in [-0.2, 0) is 4.74 Å². The highest BCUT2D eigenvalue weighted by Crippen LogP contribution is 2.28. The lowest BCUT2D eigenvalue weighted by molar-refractivity contribution is -0.384. The molecule has 0 unspecified atom stereocenters. The van der Waals surface area contributed by atoms with Gasteiger partial charge in [0.1, 0.15) is 0 Å². The molecule has 0 fully saturated rings. The summed E-state index contributed by atoms with van der Waals surface area (Å²) in [6.45, 7) is 3.58. The summed E-state index contributed by atoms with van der Waals surface area (Å²) in [5.74, 6) is -0.627. The molecule has 1 rings (SSSR count). The zero-order chi connectivity index (χ0) is 10.7. The smallest absolute Gasteiger partial charge is 0.355 e. The van der Waals surface area contributed by atoms with Crippen LogP contribution < -0.4 is 0 Å². The summed E-state index contributed by atoms with van der Waals surface area (Å²) in [6, 6.07) is 1.37. The predicted molar refractivity (Wildman–Crippen MR) is 51.7 cm³/mol. The summed E-state index contributed by atoms with van der Waals surface area (Å²) in [6.07, 6.45) is 0. The molecule has 0 saturated carbocycles. The van der Waals surface area contributed by atoms with E-state index in [2.05, 4.69) is 0 Å². The van der Waals surface area contributed by atoms with Gasteiger partial charge in [-0.25, -0.2) is 4.79 Å². The van der Waals surface area contributed by atoms with E-state index >= 15 is 0 Å². The van der Waals surface area contributed by atoms with Gasteiger partial charge in [0.25, 0.3) is 5.69 Å². The number of thiophene rings is 1. The summed E-state index contributed by atoms with van der Waals surface area (Å²) < 4.78 is 4.70. The van der Waals surface area contributed by atoms with E-state index in [0.29, 0.717) is 0 Å². The van der Waals surface area contributed by atoms with Crippen molar-refractivity contribution in [1.29, 1.82) is 0 Å². The Balaban J connectivity index is 3.06. The van der Waals surface area contributed by atoms with Crippen molar-refractivity contribution in [3.63, 3.8) is 0 Å². The summed E-state index contributed by atoms with van der Waals surface area (Å²) >= 11 is 1.07. The van der Waals surface area contributed by atoms with Gasteiger partial charge in [0.2, 0.25) is 0 Å². The molecule has 1 heterocycles. The molecule has 5 nitrogen and oxygen atoms in total. The molecule has 14 heavy (non-hydrogen) atoms. The fraction of sp³-hybridized carbons (Fsp3) is 0.375. The summed E-state index contributed by atoms with van der Waals surface area (Å²) in [5, 5.41) is 10.5. The van der Waals surface area contributed by atoms with Gasteiger partial charge in [-0.2, -0.15) is 0 Å². The molecular formula is C8H9NO4S. The Hall–Kier alpha value is -1.43. The molecule has 76 valence electrons. The van der Waals surface area contributed by atoms with Crippen molar-refractivity contribution in [3.05, 3.63) is 25.9 Å². The number of ether oxygens (including phenoxy) is 1. The highest BCUT2D eigenvalue weighted by atomic mass is 32.1. The standard InChI is InChI=1S/C8H9NO4S/c1-3-13-8(10)7-6(9(11)12)4-5(2)14-7/h4H,3H2,1-2H3. The van der Waals surface area contributed by atoms with Crippen molar-refractivity contribution < 1.29 is 14.5 Å². The largest absolute Gasteiger partial charge is 0.462 e. The molecular weight excluding hydrogens is 206 g/mol. The van der Waals surface area contributed by atoms with E-state index in [4.69, 9.17) is 4.74 Å². The minimum atomic E-state index is -0.627. The van der Waals surface area contributed by atoms with Gasteiger partial charge in [0, 0.05) is 10.9 Å². The number of carbonyl (C=O) groups excluding carboxylic acids is 1. The molecule has 0 aliphatic carbocycles. The number of nitro groups is 1. The number of aryl methyl sites for hydroxylation is 1. The molecule has 6 heteroatoms. The first-order valence-electron chi connectivity index (χ1n) is 3.98. The van der Waals surface area contributed by atoms with E-state index in [9.17, 15) is 14.9 Å². The average molecular weight is 215 g/mol. The van der Waals surface area contributed by atoms with Crippen LogP contribution in [0.2, 0.25) is 0 Å². The van der Waals surface area contributed by atoms with E-state index in [-0.39, 0.29) is 17.2 Å². The molecule has 0 aliphatic rings. The summed E-state index contributed by atoms with van der Waals surface area (Å²) in [4.78, 5) is 22.0. The monoisotopic (exact) mass is 215 g/mol. The van der Waals surface area contributed by atoms with Crippen LogP contribution in [0.1, 0.15) is 21.5 Å². The maximum Gasteiger partial charge on any atom is 0.355 e. The van der Waals surface area contributed by atoms with Crippen LogP contribution in [0.15, 0.2) is 6.07 Å². The van der Waals surface area contributed by atoms with Gasteiger partial charge in [-0.1, -0.05) is 0 Å². The molecule has 0 N–H and O–H groups in total. The van der Waals surface area contributed by atoms with Crippen molar-refractivity contribution in [2.45, 2.75) is 13.8 Å². The van der Waals surface area contributed by atoms with Crippen LogP contribution in [0, 0.1) is 17.0 Å². The third kappa shape index (κ3) is 2.08. The van der Waals surface area contributed by atoms with E-state index in [1.807, 2.05) is 0 Å². The van der Waals surface area contributed by atoms with Crippen LogP contribution in [0.3, 0.4) is 0 Å². The zero-order valence-corrected chi connectivity index (χ0v) is 8.59. The maximum absolute atomic E-state index is 11.3. The van der Waals surface area contributed by atoms with Crippen molar-refractivity contribution in [3.8, 4) is 0 Å². The molecule has 0 amide bonds. The second-order valence-electron chi connectivity index (χ2n) is 2.55. The van der Waals surface area contributed by atoms with Gasteiger partial charge in [0.05, 0.1) is 11.5 Å². The molecule has 0 aromatic carbocycles. The number of carbonyl (C=O) groups is 1. The maximum atomic E-state index is 11.3. The highest BCUT2D eigenvalue weighted by molar-refractivity contribution is 7.14. The molecule has 0 spiro atoms. The third-order valence-electron chi connectivity index (χ3n) is 1.49. The average Bonchev–Trinajstić information content (AvgIpc) is 2.48. The number of hydrogen-bond acceptors (Lipinski definition) is 5. The molecule has 0 aliphatic heterocycles. The van der Waals surface area contributed by atoms with Crippen molar-refractivity contribution in [2.24, 2.45) is 0 Å². The third-order valence-corrected chi connectivity index (χ3v) is 2.51. The fourth-order valence-corrected chi connectivity index (χ4v) is 1.85. The SMILES string of the molecule is CCOC(=O)c1sc(C)cc1[N+](=O)[O-]. The zero-order valence-electron chi connectivity index (χ0n) is 7.77. The van der Waals surface area contributed by atoms with Crippen molar-refractivity contribution in [1.82, 2.24) is 0 Å². The van der Waals surface area contributed by atoms with E-state index in [1.165, 1.54) is 6.07 Å². The van der Waals surface area contributed by atoms with E-state index in [0.717, 1.165) is 16.2 Å². The Labute approximate surface area is 84.5 Å². The first-order chi connectivity index (χ1) is 6.56. The van der Waals surface area contributed by atoms with Crippen molar-refractivity contribution in [2.75, 3.05) is 6.61 Å². The van der Waals surface area contributed by atoms with Crippen LogP contribution in [0.5, 0.6) is 0 Å². The second-order valence-corrected chi connectivity index (χ2v) is 3.81. The number of nitrogens with zero attached hydrogens (tertiary/aromatic N) is 1. The number of rotatable bonds is 3. The summed E-state index contributed by atoms with van der Waals surface area (Å²) in [7, 11) is 0. The Morgan fingerprint density at radius 3 is 2.86 bits per heavy atom. The Bertz CT molecular complexity index is 371. The highest BCUT2D eigenvalue weighted by Gasteiger charge is 2.24. The molecule has 0 radical (unpaired) electrons. The van der Waals surface area contributed by atoms with Crippen LogP contribution in [0.25, 0.3) is 0 Å². The number of hydrogen-bond donors (Lipinski definition) is 0. The first-order valence-corrected chi connectivity index (χ1v) is 4.79. The Kier molecular flexibility index (Phi) is 3.19. The van der Waals surface area contributed by atoms with Gasteiger partial charge in [-0.3, -0.25) is 10.1 Å². The molecule has 1 aromatic rings. The quantitative estimate of drug-likeness (QED) is 0.440. The lowest BCUT2D eigenvalue weighted by atomic mass is 10.4. The lowest BCUT2D eigenvalue weighted by Gasteiger charge is -1.97. The number of esters is 1. The minimum Gasteiger partial charge on any atom is -0.462 e.